The fourth-order valence-electron chi connectivity index (χ4n) is 3.78. The van der Waals surface area contributed by atoms with Crippen molar-refractivity contribution < 1.29 is 27.4 Å². The number of likely N-dealkylation sites (N-methyl/N-ethyl adjacent to an activating group) is 1. The molecule has 3 rings (SSSR count). The molecule has 194 valence electrons. The predicted molar refractivity (Wildman–Crippen MR) is 133 cm³/mol. The minimum absolute atomic E-state index is 0. The van der Waals surface area contributed by atoms with Gasteiger partial charge in [0, 0.05) is 19.3 Å². The molecule has 2 N–H and O–H groups in total. The highest BCUT2D eigenvalue weighted by Crippen LogP contribution is 2.33. The van der Waals surface area contributed by atoms with Crippen molar-refractivity contribution in [3.8, 4) is 11.5 Å². The van der Waals surface area contributed by atoms with Gasteiger partial charge in [0.2, 0.25) is 5.91 Å². The number of halogens is 4. The summed E-state index contributed by atoms with van der Waals surface area (Å²) in [6.45, 7) is 0. The van der Waals surface area contributed by atoms with Crippen LogP contribution in [0.15, 0.2) is 66.9 Å². The van der Waals surface area contributed by atoms with Gasteiger partial charge in [-0.3, -0.25) is 15.1 Å². The summed E-state index contributed by atoms with van der Waals surface area (Å²) in [4.78, 5) is 16.3. The highest BCUT2D eigenvalue weighted by Gasteiger charge is 2.32. The van der Waals surface area contributed by atoms with Gasteiger partial charge in [-0.2, -0.15) is 13.2 Å². The van der Waals surface area contributed by atoms with Gasteiger partial charge in [0.05, 0.1) is 14.2 Å². The molecule has 3 aromatic rings. The van der Waals surface area contributed by atoms with E-state index in [4.69, 9.17) is 9.47 Å². The lowest BCUT2D eigenvalue weighted by Crippen LogP contribution is -2.38. The predicted octanol–water partition coefficient (Wildman–Crippen LogP) is 5.29. The van der Waals surface area contributed by atoms with Gasteiger partial charge in [0.25, 0.3) is 0 Å². The molecule has 0 saturated heterocycles. The first-order valence-electron chi connectivity index (χ1n) is 11.0. The van der Waals surface area contributed by atoms with Crippen LogP contribution in [0.5, 0.6) is 11.5 Å². The van der Waals surface area contributed by atoms with E-state index in [9.17, 15) is 18.0 Å². The van der Waals surface area contributed by atoms with E-state index in [0.29, 0.717) is 29.9 Å². The maximum Gasteiger partial charge on any atom is 0.433 e. The summed E-state index contributed by atoms with van der Waals surface area (Å²) in [6.07, 6.45) is -2.32. The summed E-state index contributed by atoms with van der Waals surface area (Å²) in [5, 5.41) is 6.12. The molecule has 2 atom stereocenters. The fraction of sp³-hybridized carbons (Fsp3) is 0.308. The van der Waals surface area contributed by atoms with E-state index in [1.54, 1.807) is 20.2 Å². The molecule has 1 amide bonds. The third-order valence-corrected chi connectivity index (χ3v) is 5.66. The number of methoxy groups -OCH3 is 2. The van der Waals surface area contributed by atoms with Crippen LogP contribution in [0.2, 0.25) is 0 Å². The molecular weight excluding hydrogens is 495 g/mol. The average Bonchev–Trinajstić information content (AvgIpc) is 2.88. The van der Waals surface area contributed by atoms with Crippen LogP contribution >= 0.6 is 12.4 Å². The van der Waals surface area contributed by atoms with Crippen molar-refractivity contribution in [2.24, 2.45) is 0 Å². The number of aryl methyl sites for hydroxylation is 1. The molecule has 1 heterocycles. The molecule has 0 aliphatic rings. The zero-order valence-corrected chi connectivity index (χ0v) is 21.0. The van der Waals surface area contributed by atoms with Crippen LogP contribution in [0.25, 0.3) is 0 Å². The number of benzene rings is 2. The quantitative estimate of drug-likeness (QED) is 0.378. The van der Waals surface area contributed by atoms with Crippen LogP contribution in [0.3, 0.4) is 0 Å². The van der Waals surface area contributed by atoms with Crippen LogP contribution in [0.4, 0.5) is 13.2 Å². The smallest absolute Gasteiger partial charge is 0.433 e. The van der Waals surface area contributed by atoms with Crippen LogP contribution in [0.1, 0.15) is 40.9 Å². The molecule has 0 spiro atoms. The molecular formula is C26H29ClF3N3O3. The molecule has 1 aromatic heterocycles. The highest BCUT2D eigenvalue weighted by atomic mass is 35.5. The molecule has 0 aliphatic carbocycles. The molecule has 10 heteroatoms. The molecule has 0 aliphatic heterocycles. The number of rotatable bonds is 10. The molecule has 0 fully saturated rings. The third kappa shape index (κ3) is 7.35. The first kappa shape index (κ1) is 28.9. The second kappa shape index (κ2) is 13.1. The van der Waals surface area contributed by atoms with E-state index in [-0.39, 0.29) is 24.4 Å². The lowest BCUT2D eigenvalue weighted by molar-refractivity contribution is -0.141. The van der Waals surface area contributed by atoms with Gasteiger partial charge in [-0.25, -0.2) is 0 Å². The summed E-state index contributed by atoms with van der Waals surface area (Å²) in [7, 11) is 4.65. The summed E-state index contributed by atoms with van der Waals surface area (Å²) < 4.78 is 49.4. The zero-order valence-electron chi connectivity index (χ0n) is 20.1. The maximum absolute atomic E-state index is 12.9. The zero-order chi connectivity index (χ0) is 25.4. The van der Waals surface area contributed by atoms with Crippen molar-refractivity contribution in [1.29, 1.82) is 0 Å². The SMILES string of the molecule is CNC(=O)C(N[C@@H](CCc1ccc(C(F)(F)F)nc1)c1ccc(OC)c(OC)c1)c1ccccc1.Cl. The van der Waals surface area contributed by atoms with Crippen molar-refractivity contribution in [2.45, 2.75) is 31.1 Å². The highest BCUT2D eigenvalue weighted by molar-refractivity contribution is 5.85. The van der Waals surface area contributed by atoms with Gasteiger partial charge in [-0.15, -0.1) is 12.4 Å². The number of carbonyl (C=O) groups excluding carboxylic acids is 1. The fourth-order valence-corrected chi connectivity index (χ4v) is 3.78. The normalized spacial score (nSPS) is 12.7. The van der Waals surface area contributed by atoms with Gasteiger partial charge in [0.1, 0.15) is 11.7 Å². The van der Waals surface area contributed by atoms with E-state index >= 15 is 0 Å². The van der Waals surface area contributed by atoms with E-state index in [2.05, 4.69) is 15.6 Å². The average molecular weight is 524 g/mol. The number of hydrogen-bond acceptors (Lipinski definition) is 5. The molecule has 6 nitrogen and oxygen atoms in total. The van der Waals surface area contributed by atoms with Crippen LogP contribution in [-0.4, -0.2) is 32.2 Å². The molecule has 36 heavy (non-hydrogen) atoms. The maximum atomic E-state index is 12.9. The summed E-state index contributed by atoms with van der Waals surface area (Å²) in [5.74, 6) is 0.884. The number of carbonyl (C=O) groups is 1. The lowest BCUT2D eigenvalue weighted by Gasteiger charge is -2.26. The molecule has 0 radical (unpaired) electrons. The Hall–Kier alpha value is -3.30. The topological polar surface area (TPSA) is 72.5 Å². The molecule has 1 unspecified atom stereocenters. The van der Waals surface area contributed by atoms with E-state index < -0.39 is 17.9 Å². The Kier molecular flexibility index (Phi) is 10.6. The van der Waals surface area contributed by atoms with Gasteiger partial charge in [-0.05, 0) is 47.7 Å². The minimum Gasteiger partial charge on any atom is -0.493 e. The number of ether oxygens (including phenoxy) is 2. The van der Waals surface area contributed by atoms with Crippen LogP contribution in [-0.2, 0) is 17.4 Å². The monoisotopic (exact) mass is 523 g/mol. The largest absolute Gasteiger partial charge is 0.493 e. The Morgan fingerprint density at radius 3 is 2.22 bits per heavy atom. The Morgan fingerprint density at radius 1 is 0.972 bits per heavy atom. The number of nitrogens with one attached hydrogen (secondary N) is 2. The van der Waals surface area contributed by atoms with Gasteiger partial charge in [-0.1, -0.05) is 42.5 Å². The van der Waals surface area contributed by atoms with E-state index in [0.717, 1.165) is 17.2 Å². The molecule has 0 bridgehead atoms. The van der Waals surface area contributed by atoms with Crippen LogP contribution in [0, 0.1) is 0 Å². The summed E-state index contributed by atoms with van der Waals surface area (Å²) in [5.41, 5.74) is 1.35. The van der Waals surface area contributed by atoms with E-state index in [1.807, 2.05) is 42.5 Å². The van der Waals surface area contributed by atoms with Crippen molar-refractivity contribution in [3.63, 3.8) is 0 Å². The lowest BCUT2D eigenvalue weighted by atomic mass is 9.96. The van der Waals surface area contributed by atoms with E-state index in [1.165, 1.54) is 19.4 Å². The number of amides is 1. The van der Waals surface area contributed by atoms with Crippen molar-refractivity contribution in [2.75, 3.05) is 21.3 Å². The second-order valence-corrected chi connectivity index (χ2v) is 7.88. The van der Waals surface area contributed by atoms with Crippen molar-refractivity contribution in [3.05, 3.63) is 89.2 Å². The summed E-state index contributed by atoms with van der Waals surface area (Å²) >= 11 is 0. The van der Waals surface area contributed by atoms with Crippen LogP contribution < -0.4 is 20.1 Å². The standard InChI is InChI=1S/C26H28F3N3O3.ClH/c1-30-25(33)24(18-7-5-4-6-8-18)32-20(19-11-13-21(34-2)22(15-19)35-3)12-9-17-10-14-23(31-16-17)26(27,28)29;/h4-8,10-11,13-16,20,24,32H,9,12H2,1-3H3,(H,30,33);1H/t20-,24?;/m0./s1. The molecule has 2 aromatic carbocycles. The molecule has 0 saturated carbocycles. The number of hydrogen-bond donors (Lipinski definition) is 2. The Labute approximate surface area is 214 Å². The number of pyridine rings is 1. The Balaban J connectivity index is 0.00000456. The third-order valence-electron chi connectivity index (χ3n) is 5.66. The van der Waals surface area contributed by atoms with Gasteiger partial charge < -0.3 is 14.8 Å². The van der Waals surface area contributed by atoms with Gasteiger partial charge in [0.15, 0.2) is 11.5 Å². The van der Waals surface area contributed by atoms with Crippen molar-refractivity contribution >= 4 is 18.3 Å². The van der Waals surface area contributed by atoms with Gasteiger partial charge >= 0.3 is 6.18 Å². The number of aromatic nitrogens is 1. The minimum atomic E-state index is -4.49. The Morgan fingerprint density at radius 2 is 1.67 bits per heavy atom. The first-order chi connectivity index (χ1) is 16.8. The summed E-state index contributed by atoms with van der Waals surface area (Å²) in [6, 6.07) is 16.2. The number of alkyl halides is 3. The van der Waals surface area contributed by atoms with Crippen molar-refractivity contribution in [1.82, 2.24) is 15.6 Å². The first-order valence-corrected chi connectivity index (χ1v) is 11.0. The Bertz CT molecular complexity index is 1110. The number of nitrogens with zero attached hydrogens (tertiary/aromatic N) is 1. The second-order valence-electron chi connectivity index (χ2n) is 7.88.